The van der Waals surface area contributed by atoms with Gasteiger partial charge in [-0.25, -0.2) is 13.2 Å². The van der Waals surface area contributed by atoms with Crippen molar-refractivity contribution in [3.8, 4) is 11.5 Å². The first kappa shape index (κ1) is 29.5. The molecule has 2 aromatic carbocycles. The van der Waals surface area contributed by atoms with Crippen LogP contribution >= 0.6 is 0 Å². The van der Waals surface area contributed by atoms with Crippen LogP contribution in [0.2, 0.25) is 0 Å². The molecule has 1 aliphatic heterocycles. The number of hydrogen-bond acceptors (Lipinski definition) is 6. The molecule has 0 amide bonds. The third-order valence-electron chi connectivity index (χ3n) is 7.77. The van der Waals surface area contributed by atoms with Gasteiger partial charge in [0.15, 0.2) is 0 Å². The van der Waals surface area contributed by atoms with E-state index in [0.717, 1.165) is 18.2 Å². The number of carboxylic acid groups (broad SMARTS) is 1. The normalized spacial score (nSPS) is 16.1. The van der Waals surface area contributed by atoms with E-state index in [0.29, 0.717) is 66.8 Å². The van der Waals surface area contributed by atoms with E-state index < -0.39 is 29.2 Å². The Morgan fingerprint density at radius 3 is 2.45 bits per heavy atom. The molecule has 40 heavy (non-hydrogen) atoms. The number of carboxylic acids is 1. The van der Waals surface area contributed by atoms with Crippen LogP contribution in [0.15, 0.2) is 42.6 Å². The number of hydrogen-bond donors (Lipinski definition) is 1. The number of methoxy groups -OCH3 is 1. The first-order chi connectivity index (χ1) is 19.1. The number of ether oxygens (including phenoxy) is 2. The smallest absolute Gasteiger partial charge is 0.303 e. The van der Waals surface area contributed by atoms with Gasteiger partial charge in [0.25, 0.3) is 0 Å². The molecule has 0 aliphatic carbocycles. The quantitative estimate of drug-likeness (QED) is 0.291. The van der Waals surface area contributed by atoms with Crippen LogP contribution in [0.3, 0.4) is 0 Å². The van der Waals surface area contributed by atoms with Crippen LogP contribution in [0.5, 0.6) is 11.5 Å². The number of pyridine rings is 1. The second-order valence-electron chi connectivity index (χ2n) is 10.7. The average molecular weight is 560 g/mol. The van der Waals surface area contributed by atoms with Gasteiger partial charge in [-0.15, -0.1) is 0 Å². The van der Waals surface area contributed by atoms with Gasteiger partial charge in [-0.1, -0.05) is 0 Å². The van der Waals surface area contributed by atoms with Gasteiger partial charge in [0.2, 0.25) is 0 Å². The number of fused-ring (bicyclic) bond motifs is 1. The molecule has 0 spiro atoms. The fourth-order valence-corrected chi connectivity index (χ4v) is 5.56. The Bertz CT molecular complexity index is 1310. The molecule has 1 aliphatic rings. The van der Waals surface area contributed by atoms with Gasteiger partial charge in [-0.2, -0.15) is 0 Å². The number of carbonyl (C=O) groups is 1. The van der Waals surface area contributed by atoms with E-state index >= 15 is 4.39 Å². The summed E-state index contributed by atoms with van der Waals surface area (Å²) in [5.41, 5.74) is 1.34. The molecule has 1 aromatic heterocycles. The van der Waals surface area contributed by atoms with Gasteiger partial charge in [0, 0.05) is 49.8 Å². The summed E-state index contributed by atoms with van der Waals surface area (Å²) in [4.78, 5) is 20.3. The Hall–Kier alpha value is -3.53. The number of nitrogens with zero attached hydrogens (tertiary/aromatic N) is 3. The number of benzene rings is 2. The number of likely N-dealkylation sites (tertiary alicyclic amines) is 1. The highest BCUT2D eigenvalue weighted by atomic mass is 19.1. The molecule has 1 saturated heterocycles. The summed E-state index contributed by atoms with van der Waals surface area (Å²) in [5, 5.41) is 10.4. The summed E-state index contributed by atoms with van der Waals surface area (Å²) in [6, 6.07) is 8.45. The molecular formula is C30H36F3N3O4. The molecular weight excluding hydrogens is 523 g/mol. The molecule has 1 atom stereocenters. The Labute approximate surface area is 232 Å². The first-order valence-electron chi connectivity index (χ1n) is 13.4. The Morgan fingerprint density at radius 2 is 1.82 bits per heavy atom. The van der Waals surface area contributed by atoms with Crippen molar-refractivity contribution in [3.05, 3.63) is 59.8 Å². The third kappa shape index (κ3) is 7.15. The van der Waals surface area contributed by atoms with E-state index in [2.05, 4.69) is 9.88 Å². The fraction of sp³-hybridized carbons (Fsp3) is 0.467. The van der Waals surface area contributed by atoms with Crippen LogP contribution in [0.1, 0.15) is 43.8 Å². The summed E-state index contributed by atoms with van der Waals surface area (Å²) in [6.07, 6.45) is 2.13. The van der Waals surface area contributed by atoms with Crippen LogP contribution in [0.25, 0.3) is 10.9 Å². The number of halogens is 3. The van der Waals surface area contributed by atoms with Gasteiger partial charge in [0.1, 0.15) is 35.9 Å². The zero-order valence-electron chi connectivity index (χ0n) is 23.1. The molecule has 0 bridgehead atoms. The molecule has 1 N–H and O–H groups in total. The van der Waals surface area contributed by atoms with Crippen molar-refractivity contribution in [3.63, 3.8) is 0 Å². The molecule has 0 radical (unpaired) electrons. The van der Waals surface area contributed by atoms with Gasteiger partial charge in [0.05, 0.1) is 30.9 Å². The highest BCUT2D eigenvalue weighted by Crippen LogP contribution is 2.44. The zero-order chi connectivity index (χ0) is 28.9. The average Bonchev–Trinajstić information content (AvgIpc) is 2.91. The maximum atomic E-state index is 16.1. The monoisotopic (exact) mass is 559 g/mol. The molecule has 3 aromatic rings. The standard InChI is InChI=1S/C30H36F3N3O4/c1-35(2)27-19-34-26-5-4-22(39-3)17-24(26)29(27)25(33)6-7-30(18-28(37)38)8-10-36(11-9-30)12-13-40-23-15-20(31)14-21(32)16-23/h4-5,14-17,19,25H,6-13,18H2,1-3H3,(H,37,38). The maximum absolute atomic E-state index is 16.1. The SMILES string of the molecule is COc1ccc2ncc(N(C)C)c(C(F)CCC3(CC(=O)O)CCN(CCOc4cc(F)cc(F)c4)CC3)c2c1. The lowest BCUT2D eigenvalue weighted by Gasteiger charge is -2.41. The molecule has 10 heteroatoms. The number of alkyl halides is 1. The molecule has 7 nitrogen and oxygen atoms in total. The van der Waals surface area contributed by atoms with E-state index in [1.165, 1.54) is 0 Å². The maximum Gasteiger partial charge on any atom is 0.303 e. The Balaban J connectivity index is 1.43. The summed E-state index contributed by atoms with van der Waals surface area (Å²) in [6.45, 7) is 2.03. The van der Waals surface area contributed by atoms with Gasteiger partial charge in [-0.05, 0) is 62.4 Å². The highest BCUT2D eigenvalue weighted by Gasteiger charge is 2.37. The van der Waals surface area contributed by atoms with Crippen molar-refractivity contribution < 1.29 is 32.5 Å². The number of anilines is 1. The topological polar surface area (TPSA) is 75.1 Å². The molecule has 216 valence electrons. The molecule has 4 rings (SSSR count). The zero-order valence-corrected chi connectivity index (χ0v) is 23.1. The lowest BCUT2D eigenvalue weighted by atomic mass is 9.71. The summed E-state index contributed by atoms with van der Waals surface area (Å²) in [5.74, 6) is -1.56. The van der Waals surface area contributed by atoms with Crippen molar-refractivity contribution in [1.29, 1.82) is 0 Å². The van der Waals surface area contributed by atoms with E-state index in [1.54, 1.807) is 31.5 Å². The van der Waals surface area contributed by atoms with Crippen LogP contribution in [-0.2, 0) is 4.79 Å². The second-order valence-corrected chi connectivity index (χ2v) is 10.7. The largest absolute Gasteiger partial charge is 0.497 e. The van der Waals surface area contributed by atoms with Crippen LogP contribution in [-0.4, -0.2) is 68.4 Å². The fourth-order valence-electron chi connectivity index (χ4n) is 5.56. The predicted octanol–water partition coefficient (Wildman–Crippen LogP) is 6.01. The molecule has 1 unspecified atom stereocenters. The minimum atomic E-state index is -1.32. The summed E-state index contributed by atoms with van der Waals surface area (Å²) < 4.78 is 53.8. The predicted molar refractivity (Wildman–Crippen MR) is 148 cm³/mol. The van der Waals surface area contributed by atoms with Crippen molar-refractivity contribution in [1.82, 2.24) is 9.88 Å². The van der Waals surface area contributed by atoms with E-state index in [9.17, 15) is 18.7 Å². The molecule has 1 fully saturated rings. The van der Waals surface area contributed by atoms with E-state index in [1.807, 2.05) is 19.0 Å². The van der Waals surface area contributed by atoms with E-state index in [4.69, 9.17) is 9.47 Å². The summed E-state index contributed by atoms with van der Waals surface area (Å²) in [7, 11) is 5.25. The Kier molecular flexibility index (Phi) is 9.40. The number of aromatic nitrogens is 1. The second kappa shape index (κ2) is 12.8. The lowest BCUT2D eigenvalue weighted by Crippen LogP contribution is -2.42. The van der Waals surface area contributed by atoms with Crippen LogP contribution in [0.4, 0.5) is 18.9 Å². The molecule has 2 heterocycles. The third-order valence-corrected chi connectivity index (χ3v) is 7.77. The lowest BCUT2D eigenvalue weighted by molar-refractivity contribution is -0.141. The minimum Gasteiger partial charge on any atom is -0.497 e. The van der Waals surface area contributed by atoms with Crippen LogP contribution < -0.4 is 14.4 Å². The number of aliphatic carboxylic acids is 1. The van der Waals surface area contributed by atoms with Crippen molar-refractivity contribution >= 4 is 22.6 Å². The summed E-state index contributed by atoms with van der Waals surface area (Å²) >= 11 is 0. The van der Waals surface area contributed by atoms with E-state index in [-0.39, 0.29) is 25.2 Å². The van der Waals surface area contributed by atoms with Crippen LogP contribution in [0, 0.1) is 17.0 Å². The molecule has 0 saturated carbocycles. The Morgan fingerprint density at radius 1 is 1.12 bits per heavy atom. The minimum absolute atomic E-state index is 0.0297. The number of rotatable bonds is 12. The first-order valence-corrected chi connectivity index (χ1v) is 13.4. The van der Waals surface area contributed by atoms with Crippen molar-refractivity contribution in [2.24, 2.45) is 5.41 Å². The van der Waals surface area contributed by atoms with Crippen molar-refractivity contribution in [2.75, 3.05) is 52.3 Å². The van der Waals surface area contributed by atoms with Gasteiger partial charge < -0.3 is 19.5 Å². The highest BCUT2D eigenvalue weighted by molar-refractivity contribution is 5.88. The van der Waals surface area contributed by atoms with Gasteiger partial charge >= 0.3 is 5.97 Å². The number of piperidine rings is 1. The van der Waals surface area contributed by atoms with Gasteiger partial charge in [-0.3, -0.25) is 14.7 Å². The van der Waals surface area contributed by atoms with Crippen molar-refractivity contribution in [2.45, 2.75) is 38.3 Å².